The van der Waals surface area contributed by atoms with Crippen LogP contribution in [-0.2, 0) is 6.42 Å². The number of fused-ring (bicyclic) bond motifs is 1. The standard InChI is InChI=1S/C8H6N4/c1-2-3-7-9-4-6-8(12-7)11-5-10-6/h1,4-5H,3H2,(H,9,10,11,12). The summed E-state index contributed by atoms with van der Waals surface area (Å²) >= 11 is 0. The molecule has 2 heterocycles. The Morgan fingerprint density at radius 2 is 2.42 bits per heavy atom. The summed E-state index contributed by atoms with van der Waals surface area (Å²) in [5.41, 5.74) is 1.49. The minimum absolute atomic E-state index is 0.447. The molecule has 0 radical (unpaired) electrons. The Kier molecular flexibility index (Phi) is 1.49. The number of hydrogen-bond donors (Lipinski definition) is 1. The molecule has 0 fully saturated rings. The van der Waals surface area contributed by atoms with E-state index in [1.165, 1.54) is 0 Å². The molecule has 0 aromatic carbocycles. The van der Waals surface area contributed by atoms with E-state index in [1.54, 1.807) is 12.5 Å². The molecule has 2 rings (SSSR count). The first-order valence-corrected chi connectivity index (χ1v) is 3.48. The van der Waals surface area contributed by atoms with Crippen molar-refractivity contribution in [3.63, 3.8) is 0 Å². The second kappa shape index (κ2) is 2.62. The third kappa shape index (κ3) is 1.01. The Morgan fingerprint density at radius 1 is 1.50 bits per heavy atom. The van der Waals surface area contributed by atoms with Gasteiger partial charge in [0.15, 0.2) is 5.65 Å². The molecule has 2 aromatic heterocycles. The van der Waals surface area contributed by atoms with Crippen LogP contribution in [0.3, 0.4) is 0 Å². The number of aromatic amines is 1. The maximum absolute atomic E-state index is 5.12. The fourth-order valence-electron chi connectivity index (χ4n) is 0.948. The molecule has 0 aliphatic heterocycles. The van der Waals surface area contributed by atoms with Crippen LogP contribution in [0.25, 0.3) is 11.2 Å². The molecule has 0 spiro atoms. The van der Waals surface area contributed by atoms with Crippen molar-refractivity contribution < 1.29 is 0 Å². The summed E-state index contributed by atoms with van der Waals surface area (Å²) in [4.78, 5) is 15.1. The molecule has 0 aliphatic carbocycles. The van der Waals surface area contributed by atoms with Gasteiger partial charge in [0.1, 0.15) is 11.3 Å². The highest BCUT2D eigenvalue weighted by atomic mass is 15.0. The third-order valence-electron chi connectivity index (χ3n) is 1.49. The van der Waals surface area contributed by atoms with Crippen molar-refractivity contribution in [1.82, 2.24) is 19.9 Å². The van der Waals surface area contributed by atoms with Gasteiger partial charge in [-0.25, -0.2) is 15.0 Å². The highest BCUT2D eigenvalue weighted by Crippen LogP contribution is 2.03. The molecule has 4 nitrogen and oxygen atoms in total. The van der Waals surface area contributed by atoms with E-state index in [9.17, 15) is 0 Å². The lowest BCUT2D eigenvalue weighted by molar-refractivity contribution is 1.03. The number of rotatable bonds is 1. The average Bonchev–Trinajstić information content (AvgIpc) is 2.51. The number of nitrogens with one attached hydrogen (secondary N) is 1. The Bertz CT molecular complexity index is 437. The fraction of sp³-hybridized carbons (Fsp3) is 0.125. The molecule has 0 saturated carbocycles. The van der Waals surface area contributed by atoms with Gasteiger partial charge >= 0.3 is 0 Å². The Labute approximate surface area is 69.1 Å². The van der Waals surface area contributed by atoms with Crippen molar-refractivity contribution in [2.45, 2.75) is 6.42 Å². The van der Waals surface area contributed by atoms with Crippen molar-refractivity contribution in [3.05, 3.63) is 18.3 Å². The topological polar surface area (TPSA) is 54.5 Å². The van der Waals surface area contributed by atoms with Gasteiger partial charge in [0.25, 0.3) is 0 Å². The van der Waals surface area contributed by atoms with Crippen LogP contribution in [-0.4, -0.2) is 19.9 Å². The Balaban J connectivity index is 2.54. The van der Waals surface area contributed by atoms with Crippen LogP contribution < -0.4 is 0 Å². The zero-order valence-electron chi connectivity index (χ0n) is 6.28. The number of aromatic nitrogens is 4. The maximum Gasteiger partial charge on any atom is 0.180 e. The molecule has 1 N–H and O–H groups in total. The van der Waals surface area contributed by atoms with E-state index in [-0.39, 0.29) is 0 Å². The van der Waals surface area contributed by atoms with E-state index in [2.05, 4.69) is 25.9 Å². The molecular weight excluding hydrogens is 152 g/mol. The summed E-state index contributed by atoms with van der Waals surface area (Å²) in [6.07, 6.45) is 8.83. The Morgan fingerprint density at radius 3 is 3.25 bits per heavy atom. The molecule has 58 valence electrons. The molecule has 12 heavy (non-hydrogen) atoms. The average molecular weight is 158 g/mol. The summed E-state index contributed by atoms with van der Waals surface area (Å²) in [5, 5.41) is 0. The lowest BCUT2D eigenvalue weighted by Gasteiger charge is -1.91. The predicted molar refractivity (Wildman–Crippen MR) is 44.2 cm³/mol. The molecule has 2 aromatic rings. The van der Waals surface area contributed by atoms with E-state index in [4.69, 9.17) is 6.42 Å². The van der Waals surface area contributed by atoms with Crippen LogP contribution in [0.4, 0.5) is 0 Å². The monoisotopic (exact) mass is 158 g/mol. The van der Waals surface area contributed by atoms with Gasteiger partial charge in [0.05, 0.1) is 18.9 Å². The Hall–Kier alpha value is -1.89. The molecule has 0 unspecified atom stereocenters. The van der Waals surface area contributed by atoms with Crippen molar-refractivity contribution in [3.8, 4) is 12.3 Å². The van der Waals surface area contributed by atoms with E-state index in [0.717, 1.165) is 5.52 Å². The van der Waals surface area contributed by atoms with Gasteiger partial charge in [-0.3, -0.25) is 0 Å². The SMILES string of the molecule is C#CCc1ncc2[nH]cnc2n1. The predicted octanol–water partition coefficient (Wildman–Crippen LogP) is 0.529. The van der Waals surface area contributed by atoms with E-state index < -0.39 is 0 Å². The van der Waals surface area contributed by atoms with Crippen LogP contribution in [0.15, 0.2) is 12.5 Å². The van der Waals surface area contributed by atoms with Crippen LogP contribution in [0, 0.1) is 12.3 Å². The minimum Gasteiger partial charge on any atom is -0.342 e. The van der Waals surface area contributed by atoms with Crippen LogP contribution in [0.1, 0.15) is 5.82 Å². The summed E-state index contributed by atoms with van der Waals surface area (Å²) in [7, 11) is 0. The first-order chi connectivity index (χ1) is 5.90. The van der Waals surface area contributed by atoms with Gasteiger partial charge in [-0.15, -0.1) is 6.42 Å². The van der Waals surface area contributed by atoms with E-state index in [1.807, 2.05) is 0 Å². The van der Waals surface area contributed by atoms with Gasteiger partial charge in [0.2, 0.25) is 0 Å². The second-order valence-corrected chi connectivity index (χ2v) is 2.31. The maximum atomic E-state index is 5.12. The number of hydrogen-bond acceptors (Lipinski definition) is 3. The molecule has 0 atom stereocenters. The highest BCUT2D eigenvalue weighted by molar-refractivity contribution is 5.68. The number of H-pyrrole nitrogens is 1. The van der Waals surface area contributed by atoms with E-state index >= 15 is 0 Å². The largest absolute Gasteiger partial charge is 0.342 e. The normalized spacial score (nSPS) is 9.92. The lowest BCUT2D eigenvalue weighted by atomic mass is 10.4. The van der Waals surface area contributed by atoms with Gasteiger partial charge in [-0.1, -0.05) is 5.92 Å². The quantitative estimate of drug-likeness (QED) is 0.616. The smallest absolute Gasteiger partial charge is 0.180 e. The third-order valence-corrected chi connectivity index (χ3v) is 1.49. The van der Waals surface area contributed by atoms with Crippen molar-refractivity contribution in [1.29, 1.82) is 0 Å². The van der Waals surface area contributed by atoms with Gasteiger partial charge in [-0.2, -0.15) is 0 Å². The van der Waals surface area contributed by atoms with E-state index in [0.29, 0.717) is 17.9 Å². The highest BCUT2D eigenvalue weighted by Gasteiger charge is 1.99. The summed E-state index contributed by atoms with van der Waals surface area (Å²) < 4.78 is 0. The molecule has 0 aliphatic rings. The molecular formula is C8H6N4. The number of imidazole rings is 1. The first-order valence-electron chi connectivity index (χ1n) is 3.48. The summed E-state index contributed by atoms with van der Waals surface area (Å²) in [6, 6.07) is 0. The first kappa shape index (κ1) is 6.80. The zero-order valence-corrected chi connectivity index (χ0v) is 6.28. The molecule has 0 bridgehead atoms. The lowest BCUT2D eigenvalue weighted by Crippen LogP contribution is -1.92. The van der Waals surface area contributed by atoms with Gasteiger partial charge in [0, 0.05) is 0 Å². The number of terminal acetylenes is 1. The van der Waals surface area contributed by atoms with Gasteiger partial charge < -0.3 is 4.98 Å². The number of nitrogens with zero attached hydrogens (tertiary/aromatic N) is 3. The van der Waals surface area contributed by atoms with Crippen molar-refractivity contribution >= 4 is 11.2 Å². The summed E-state index contributed by atoms with van der Waals surface area (Å²) in [5.74, 6) is 3.11. The van der Waals surface area contributed by atoms with Crippen LogP contribution in [0.2, 0.25) is 0 Å². The molecule has 4 heteroatoms. The molecule has 0 amide bonds. The van der Waals surface area contributed by atoms with Crippen molar-refractivity contribution in [2.24, 2.45) is 0 Å². The summed E-state index contributed by atoms with van der Waals surface area (Å²) in [6.45, 7) is 0. The van der Waals surface area contributed by atoms with Crippen molar-refractivity contribution in [2.75, 3.05) is 0 Å². The molecule has 0 saturated heterocycles. The van der Waals surface area contributed by atoms with Crippen LogP contribution in [0.5, 0.6) is 0 Å². The second-order valence-electron chi connectivity index (χ2n) is 2.31. The van der Waals surface area contributed by atoms with Crippen LogP contribution >= 0.6 is 0 Å². The van der Waals surface area contributed by atoms with Gasteiger partial charge in [-0.05, 0) is 0 Å². The fourth-order valence-corrected chi connectivity index (χ4v) is 0.948. The zero-order chi connectivity index (χ0) is 8.39. The minimum atomic E-state index is 0.447.